The molecule has 0 aliphatic carbocycles. The lowest BCUT2D eigenvalue weighted by molar-refractivity contribution is 0.314. The van der Waals surface area contributed by atoms with Crippen molar-refractivity contribution in [1.82, 2.24) is 20.1 Å². The molecule has 2 aromatic rings. The van der Waals surface area contributed by atoms with Gasteiger partial charge in [0.2, 0.25) is 5.13 Å². The van der Waals surface area contributed by atoms with Crippen molar-refractivity contribution < 1.29 is 0 Å². The van der Waals surface area contributed by atoms with E-state index in [1.807, 2.05) is 5.51 Å². The van der Waals surface area contributed by atoms with Crippen molar-refractivity contribution >= 4 is 27.8 Å². The quantitative estimate of drug-likeness (QED) is 0.846. The standard InChI is InChI=1S/C11H17N5S2/c1-3-4-12-11-15-14-10(18-11)6-16(2)5-9-7-17-8-13-9/h7-8H,3-6H2,1-2H3,(H,12,15). The van der Waals surface area contributed by atoms with Crippen LogP contribution in [0.25, 0.3) is 0 Å². The van der Waals surface area contributed by atoms with Crippen LogP contribution in [0.3, 0.4) is 0 Å². The van der Waals surface area contributed by atoms with Gasteiger partial charge in [-0.3, -0.25) is 4.90 Å². The van der Waals surface area contributed by atoms with Crippen LogP contribution in [0.4, 0.5) is 5.13 Å². The molecule has 0 radical (unpaired) electrons. The van der Waals surface area contributed by atoms with Gasteiger partial charge in [0.15, 0.2) is 0 Å². The van der Waals surface area contributed by atoms with E-state index in [1.54, 1.807) is 22.7 Å². The molecular formula is C11H17N5S2. The van der Waals surface area contributed by atoms with Gasteiger partial charge in [0.1, 0.15) is 5.01 Å². The molecule has 7 heteroatoms. The Morgan fingerprint density at radius 2 is 2.22 bits per heavy atom. The minimum Gasteiger partial charge on any atom is -0.360 e. The molecule has 1 N–H and O–H groups in total. The second-order valence-electron chi connectivity index (χ2n) is 4.08. The Hall–Kier alpha value is -1.05. The Bertz CT molecular complexity index is 454. The van der Waals surface area contributed by atoms with Crippen LogP contribution in [-0.2, 0) is 13.1 Å². The molecule has 98 valence electrons. The van der Waals surface area contributed by atoms with Crippen LogP contribution in [0.5, 0.6) is 0 Å². The molecule has 0 unspecified atom stereocenters. The molecule has 0 amide bonds. The van der Waals surface area contributed by atoms with Crippen LogP contribution < -0.4 is 5.32 Å². The predicted octanol–water partition coefficient (Wildman–Crippen LogP) is 2.45. The fourth-order valence-corrected chi connectivity index (χ4v) is 2.90. The summed E-state index contributed by atoms with van der Waals surface area (Å²) in [6.07, 6.45) is 1.10. The molecule has 0 aromatic carbocycles. The molecule has 18 heavy (non-hydrogen) atoms. The first-order valence-electron chi connectivity index (χ1n) is 5.89. The Labute approximate surface area is 115 Å². The monoisotopic (exact) mass is 283 g/mol. The van der Waals surface area contributed by atoms with Crippen molar-refractivity contribution in [2.75, 3.05) is 18.9 Å². The smallest absolute Gasteiger partial charge is 0.205 e. The number of hydrogen-bond donors (Lipinski definition) is 1. The van der Waals surface area contributed by atoms with Crippen molar-refractivity contribution in [3.8, 4) is 0 Å². The number of aromatic nitrogens is 3. The number of rotatable bonds is 7. The fraction of sp³-hybridized carbons (Fsp3) is 0.545. The van der Waals surface area contributed by atoms with Gasteiger partial charge in [-0.2, -0.15) is 0 Å². The third-order valence-corrected chi connectivity index (χ3v) is 3.81. The molecule has 0 atom stereocenters. The number of thiazole rings is 1. The van der Waals surface area contributed by atoms with Crippen molar-refractivity contribution in [2.24, 2.45) is 0 Å². The Kier molecular flexibility index (Phi) is 5.03. The lowest BCUT2D eigenvalue weighted by Gasteiger charge is -2.12. The first-order chi connectivity index (χ1) is 8.78. The van der Waals surface area contributed by atoms with E-state index in [9.17, 15) is 0 Å². The van der Waals surface area contributed by atoms with Gasteiger partial charge in [0, 0.05) is 18.5 Å². The van der Waals surface area contributed by atoms with E-state index in [-0.39, 0.29) is 0 Å². The maximum atomic E-state index is 4.28. The molecule has 0 fully saturated rings. The van der Waals surface area contributed by atoms with Gasteiger partial charge >= 0.3 is 0 Å². The first kappa shape index (κ1) is 13.4. The average Bonchev–Trinajstić information content (AvgIpc) is 2.98. The van der Waals surface area contributed by atoms with E-state index in [4.69, 9.17) is 0 Å². The molecule has 2 heterocycles. The Morgan fingerprint density at radius 3 is 2.94 bits per heavy atom. The average molecular weight is 283 g/mol. The third kappa shape index (κ3) is 4.01. The second-order valence-corrected chi connectivity index (χ2v) is 5.86. The van der Waals surface area contributed by atoms with Gasteiger partial charge < -0.3 is 5.32 Å². The zero-order chi connectivity index (χ0) is 12.8. The van der Waals surface area contributed by atoms with Gasteiger partial charge in [-0.05, 0) is 13.5 Å². The lowest BCUT2D eigenvalue weighted by atomic mass is 10.4. The topological polar surface area (TPSA) is 53.9 Å². The highest BCUT2D eigenvalue weighted by Crippen LogP contribution is 2.17. The lowest BCUT2D eigenvalue weighted by Crippen LogP contribution is -2.17. The molecule has 2 aromatic heterocycles. The van der Waals surface area contributed by atoms with Gasteiger partial charge in [-0.1, -0.05) is 18.3 Å². The second kappa shape index (κ2) is 6.77. The Balaban J connectivity index is 1.83. The highest BCUT2D eigenvalue weighted by Gasteiger charge is 2.08. The van der Waals surface area contributed by atoms with Crippen LogP contribution in [-0.4, -0.2) is 33.7 Å². The molecule has 0 spiro atoms. The summed E-state index contributed by atoms with van der Waals surface area (Å²) in [6.45, 7) is 4.74. The van der Waals surface area contributed by atoms with Gasteiger partial charge in [0.25, 0.3) is 0 Å². The summed E-state index contributed by atoms with van der Waals surface area (Å²) in [6, 6.07) is 0. The minimum absolute atomic E-state index is 0.809. The maximum absolute atomic E-state index is 4.28. The van der Waals surface area contributed by atoms with Crippen molar-refractivity contribution in [3.05, 3.63) is 21.6 Å². The van der Waals surface area contributed by atoms with Crippen molar-refractivity contribution in [3.63, 3.8) is 0 Å². The minimum atomic E-state index is 0.809. The van der Waals surface area contributed by atoms with E-state index in [2.05, 4.69) is 44.7 Å². The van der Waals surface area contributed by atoms with E-state index in [0.717, 1.165) is 41.9 Å². The predicted molar refractivity (Wildman–Crippen MR) is 76.0 cm³/mol. The summed E-state index contributed by atoms with van der Waals surface area (Å²) in [5.74, 6) is 0. The molecule has 0 aliphatic heterocycles. The molecule has 0 saturated carbocycles. The third-order valence-electron chi connectivity index (χ3n) is 2.31. The molecular weight excluding hydrogens is 266 g/mol. The largest absolute Gasteiger partial charge is 0.360 e. The van der Waals surface area contributed by atoms with E-state index >= 15 is 0 Å². The van der Waals surface area contributed by atoms with Crippen LogP contribution in [0.15, 0.2) is 10.9 Å². The van der Waals surface area contributed by atoms with Crippen LogP contribution in [0.2, 0.25) is 0 Å². The van der Waals surface area contributed by atoms with Crippen molar-refractivity contribution in [2.45, 2.75) is 26.4 Å². The molecule has 0 aliphatic rings. The van der Waals surface area contributed by atoms with Gasteiger partial charge in [-0.15, -0.1) is 21.5 Å². The zero-order valence-corrected chi connectivity index (χ0v) is 12.2. The zero-order valence-electron chi connectivity index (χ0n) is 10.6. The number of nitrogens with one attached hydrogen (secondary N) is 1. The van der Waals surface area contributed by atoms with Crippen molar-refractivity contribution in [1.29, 1.82) is 0 Å². The molecule has 2 rings (SSSR count). The van der Waals surface area contributed by atoms with Crippen LogP contribution in [0.1, 0.15) is 24.0 Å². The summed E-state index contributed by atoms with van der Waals surface area (Å²) in [7, 11) is 2.07. The van der Waals surface area contributed by atoms with Crippen LogP contribution in [0, 0.1) is 0 Å². The van der Waals surface area contributed by atoms with Crippen LogP contribution >= 0.6 is 22.7 Å². The summed E-state index contributed by atoms with van der Waals surface area (Å²) in [5, 5.41) is 15.6. The highest BCUT2D eigenvalue weighted by atomic mass is 32.1. The number of anilines is 1. The van der Waals surface area contributed by atoms with E-state index in [0.29, 0.717) is 0 Å². The summed E-state index contributed by atoms with van der Waals surface area (Å²) < 4.78 is 0. The van der Waals surface area contributed by atoms with E-state index < -0.39 is 0 Å². The molecule has 5 nitrogen and oxygen atoms in total. The molecule has 0 saturated heterocycles. The normalized spacial score (nSPS) is 11.1. The Morgan fingerprint density at radius 1 is 1.33 bits per heavy atom. The SMILES string of the molecule is CCCNc1nnc(CN(C)Cc2cscn2)s1. The van der Waals surface area contributed by atoms with Gasteiger partial charge in [-0.25, -0.2) is 4.98 Å². The van der Waals surface area contributed by atoms with E-state index in [1.165, 1.54) is 0 Å². The number of nitrogens with zero attached hydrogens (tertiary/aromatic N) is 4. The number of hydrogen-bond acceptors (Lipinski definition) is 7. The summed E-state index contributed by atoms with van der Waals surface area (Å²) in [5.41, 5.74) is 2.97. The molecule has 0 bridgehead atoms. The first-order valence-corrected chi connectivity index (χ1v) is 7.65. The summed E-state index contributed by atoms with van der Waals surface area (Å²) in [4.78, 5) is 6.47. The van der Waals surface area contributed by atoms with Gasteiger partial charge in [0.05, 0.1) is 17.7 Å². The highest BCUT2D eigenvalue weighted by molar-refractivity contribution is 7.15. The summed E-state index contributed by atoms with van der Waals surface area (Å²) >= 11 is 3.25. The fourth-order valence-electron chi connectivity index (χ4n) is 1.50. The maximum Gasteiger partial charge on any atom is 0.205 e.